The number of likely N-dealkylation sites (tertiary alicyclic amines) is 1. The molecule has 92 valence electrons. The van der Waals surface area contributed by atoms with Gasteiger partial charge >= 0.3 is 0 Å². The molecule has 1 atom stereocenters. The van der Waals surface area contributed by atoms with Crippen molar-refractivity contribution in [1.82, 2.24) is 4.90 Å². The van der Waals surface area contributed by atoms with Gasteiger partial charge in [-0.15, -0.1) is 11.6 Å². The van der Waals surface area contributed by atoms with Crippen molar-refractivity contribution >= 4 is 17.5 Å². The lowest BCUT2D eigenvalue weighted by Crippen LogP contribution is -2.40. The number of alkyl halides is 1. The van der Waals surface area contributed by atoms with Crippen LogP contribution < -0.4 is 0 Å². The Labute approximate surface area is 106 Å². The van der Waals surface area contributed by atoms with Gasteiger partial charge in [0.2, 0.25) is 0 Å². The number of nitrogens with zero attached hydrogens (tertiary/aromatic N) is 1. The highest BCUT2D eigenvalue weighted by atomic mass is 35.5. The zero-order chi connectivity index (χ0) is 12.4. The minimum atomic E-state index is -0.0382. The highest BCUT2D eigenvalue weighted by molar-refractivity contribution is 6.21. The first-order chi connectivity index (χ1) is 8.09. The van der Waals surface area contributed by atoms with E-state index < -0.39 is 0 Å². The monoisotopic (exact) mass is 253 g/mol. The Balaban J connectivity index is 2.22. The van der Waals surface area contributed by atoms with Crippen LogP contribution in [0.3, 0.4) is 0 Å². The quantitative estimate of drug-likeness (QED) is 0.782. The third-order valence-corrected chi connectivity index (χ3v) is 3.54. The summed E-state index contributed by atoms with van der Waals surface area (Å²) in [7, 11) is 0. The Hall–Kier alpha value is -1.22. The highest BCUT2D eigenvalue weighted by Crippen LogP contribution is 2.23. The summed E-state index contributed by atoms with van der Waals surface area (Å²) >= 11 is 6.07. The van der Waals surface area contributed by atoms with Gasteiger partial charge in [0.1, 0.15) is 5.75 Å². The van der Waals surface area contributed by atoms with E-state index in [4.69, 9.17) is 11.6 Å². The third kappa shape index (κ3) is 2.55. The fourth-order valence-corrected chi connectivity index (χ4v) is 2.46. The molecular weight excluding hydrogens is 238 g/mol. The molecule has 0 bridgehead atoms. The number of amides is 1. The average Bonchev–Trinajstić information content (AvgIpc) is 2.32. The summed E-state index contributed by atoms with van der Waals surface area (Å²) in [6.07, 6.45) is 1.90. The molecule has 1 aromatic rings. The van der Waals surface area contributed by atoms with Crippen molar-refractivity contribution in [3.05, 3.63) is 29.3 Å². The van der Waals surface area contributed by atoms with E-state index in [1.807, 2.05) is 0 Å². The van der Waals surface area contributed by atoms with Crippen LogP contribution in [0.5, 0.6) is 5.75 Å². The van der Waals surface area contributed by atoms with Gasteiger partial charge in [0.25, 0.3) is 5.91 Å². The second-order valence-electron chi connectivity index (χ2n) is 4.44. The SMILES string of the molecule is Cc1c(O)cccc1C(=O)N1CCCC(Cl)C1. The van der Waals surface area contributed by atoms with Crippen molar-refractivity contribution in [2.45, 2.75) is 25.1 Å². The maximum atomic E-state index is 12.3. The number of phenols is 1. The van der Waals surface area contributed by atoms with E-state index >= 15 is 0 Å². The molecule has 17 heavy (non-hydrogen) atoms. The molecule has 4 heteroatoms. The maximum absolute atomic E-state index is 12.3. The maximum Gasteiger partial charge on any atom is 0.254 e. The van der Waals surface area contributed by atoms with Crippen molar-refractivity contribution in [2.24, 2.45) is 0 Å². The predicted molar refractivity (Wildman–Crippen MR) is 67.6 cm³/mol. The number of hydrogen-bond acceptors (Lipinski definition) is 2. The highest BCUT2D eigenvalue weighted by Gasteiger charge is 2.24. The second kappa shape index (κ2) is 4.96. The van der Waals surface area contributed by atoms with Crippen LogP contribution in [0.4, 0.5) is 0 Å². The number of phenolic OH excluding ortho intramolecular Hbond substituents is 1. The van der Waals surface area contributed by atoms with E-state index in [2.05, 4.69) is 0 Å². The molecule has 1 amide bonds. The van der Waals surface area contributed by atoms with Crippen molar-refractivity contribution < 1.29 is 9.90 Å². The molecule has 0 radical (unpaired) electrons. The van der Waals surface area contributed by atoms with Gasteiger partial charge in [-0.25, -0.2) is 0 Å². The van der Waals surface area contributed by atoms with E-state index in [-0.39, 0.29) is 17.0 Å². The molecule has 3 nitrogen and oxygen atoms in total. The van der Waals surface area contributed by atoms with Crippen LogP contribution in [-0.4, -0.2) is 34.4 Å². The molecule has 0 aliphatic carbocycles. The molecule has 1 unspecified atom stereocenters. The van der Waals surface area contributed by atoms with Crippen LogP contribution in [-0.2, 0) is 0 Å². The van der Waals surface area contributed by atoms with Gasteiger partial charge in [-0.1, -0.05) is 6.07 Å². The Morgan fingerprint density at radius 3 is 3.00 bits per heavy atom. The number of halogens is 1. The van der Waals surface area contributed by atoms with Crippen molar-refractivity contribution in [2.75, 3.05) is 13.1 Å². The van der Waals surface area contributed by atoms with Gasteiger partial charge in [-0.05, 0) is 31.9 Å². The van der Waals surface area contributed by atoms with E-state index in [9.17, 15) is 9.90 Å². The van der Waals surface area contributed by atoms with Crippen molar-refractivity contribution in [3.8, 4) is 5.75 Å². The first-order valence-corrected chi connectivity index (χ1v) is 6.25. The fraction of sp³-hybridized carbons (Fsp3) is 0.462. The molecule has 1 heterocycles. The van der Waals surface area contributed by atoms with Crippen molar-refractivity contribution in [3.63, 3.8) is 0 Å². The lowest BCUT2D eigenvalue weighted by molar-refractivity contribution is 0.0726. The smallest absolute Gasteiger partial charge is 0.254 e. The van der Waals surface area contributed by atoms with E-state index in [1.54, 1.807) is 30.0 Å². The minimum absolute atomic E-state index is 0.0382. The molecular formula is C13H16ClNO2. The van der Waals surface area contributed by atoms with Gasteiger partial charge in [-0.2, -0.15) is 0 Å². The van der Waals surface area contributed by atoms with Crippen LogP contribution in [0.25, 0.3) is 0 Å². The Morgan fingerprint density at radius 1 is 1.53 bits per heavy atom. The number of benzene rings is 1. The molecule has 2 rings (SSSR count). The number of carbonyl (C=O) groups is 1. The zero-order valence-electron chi connectivity index (χ0n) is 9.82. The minimum Gasteiger partial charge on any atom is -0.508 e. The number of aromatic hydroxyl groups is 1. The average molecular weight is 254 g/mol. The molecule has 1 aliphatic rings. The summed E-state index contributed by atoms with van der Waals surface area (Å²) in [6, 6.07) is 5.03. The van der Waals surface area contributed by atoms with Gasteiger partial charge in [0, 0.05) is 24.2 Å². The zero-order valence-corrected chi connectivity index (χ0v) is 10.6. The van der Waals surface area contributed by atoms with Crippen LogP contribution in [0.2, 0.25) is 0 Å². The predicted octanol–water partition coefficient (Wildman–Crippen LogP) is 2.54. The number of rotatable bonds is 1. The van der Waals surface area contributed by atoms with Crippen LogP contribution in [0, 0.1) is 6.92 Å². The van der Waals surface area contributed by atoms with Gasteiger partial charge in [0.15, 0.2) is 0 Å². The Morgan fingerprint density at radius 2 is 2.29 bits per heavy atom. The van der Waals surface area contributed by atoms with Crippen LogP contribution >= 0.6 is 11.6 Å². The largest absolute Gasteiger partial charge is 0.508 e. The van der Waals surface area contributed by atoms with Crippen molar-refractivity contribution in [1.29, 1.82) is 0 Å². The molecule has 1 aliphatic heterocycles. The normalized spacial score (nSPS) is 20.4. The third-order valence-electron chi connectivity index (χ3n) is 3.19. The lowest BCUT2D eigenvalue weighted by Gasteiger charge is -2.30. The Kier molecular flexibility index (Phi) is 3.57. The molecule has 0 saturated carbocycles. The molecule has 1 saturated heterocycles. The number of piperidine rings is 1. The summed E-state index contributed by atoms with van der Waals surface area (Å²) in [6.45, 7) is 3.09. The Bertz CT molecular complexity index is 433. The molecule has 0 aromatic heterocycles. The number of carbonyl (C=O) groups excluding carboxylic acids is 1. The summed E-state index contributed by atoms with van der Waals surface area (Å²) in [5, 5.41) is 9.65. The van der Waals surface area contributed by atoms with Gasteiger partial charge in [-0.3, -0.25) is 4.79 Å². The summed E-state index contributed by atoms with van der Waals surface area (Å²) in [4.78, 5) is 14.0. The van der Waals surface area contributed by atoms with E-state index in [0.29, 0.717) is 17.7 Å². The fourth-order valence-electron chi connectivity index (χ4n) is 2.14. The molecule has 0 spiro atoms. The standard InChI is InChI=1S/C13H16ClNO2/c1-9-11(5-2-6-12(9)16)13(17)15-7-3-4-10(14)8-15/h2,5-6,10,16H,3-4,7-8H2,1H3. The van der Waals surface area contributed by atoms with E-state index in [1.165, 1.54) is 0 Å². The molecule has 1 aromatic carbocycles. The lowest BCUT2D eigenvalue weighted by atomic mass is 10.0. The van der Waals surface area contributed by atoms with Crippen LogP contribution in [0.15, 0.2) is 18.2 Å². The topological polar surface area (TPSA) is 40.5 Å². The summed E-state index contributed by atoms with van der Waals surface area (Å²) in [5.41, 5.74) is 1.20. The van der Waals surface area contributed by atoms with Gasteiger partial charge < -0.3 is 10.0 Å². The van der Waals surface area contributed by atoms with E-state index in [0.717, 1.165) is 19.4 Å². The molecule has 1 N–H and O–H groups in total. The first-order valence-electron chi connectivity index (χ1n) is 5.81. The summed E-state index contributed by atoms with van der Waals surface area (Å²) in [5.74, 6) is 0.124. The second-order valence-corrected chi connectivity index (χ2v) is 5.06. The van der Waals surface area contributed by atoms with Crippen LogP contribution in [0.1, 0.15) is 28.8 Å². The number of hydrogen-bond donors (Lipinski definition) is 1. The summed E-state index contributed by atoms with van der Waals surface area (Å²) < 4.78 is 0. The first kappa shape index (κ1) is 12.2. The molecule has 1 fully saturated rings. The van der Waals surface area contributed by atoms with Gasteiger partial charge in [0.05, 0.1) is 5.38 Å².